The highest BCUT2D eigenvalue weighted by molar-refractivity contribution is 5.66. The van der Waals surface area contributed by atoms with Crippen LogP contribution in [0.1, 0.15) is 37.6 Å². The lowest BCUT2D eigenvalue weighted by Gasteiger charge is -2.05. The molecule has 0 amide bonds. The van der Waals surface area contributed by atoms with Crippen LogP contribution in [-0.4, -0.2) is 31.3 Å². The summed E-state index contributed by atoms with van der Waals surface area (Å²) in [5, 5.41) is 20.5. The first-order valence-corrected chi connectivity index (χ1v) is 6.17. The Morgan fingerprint density at radius 3 is 2.58 bits per heavy atom. The van der Waals surface area contributed by atoms with Crippen LogP contribution in [0.25, 0.3) is 5.69 Å². The average Bonchev–Trinajstić information content (AvgIpc) is 2.85. The van der Waals surface area contributed by atoms with Crippen molar-refractivity contribution in [2.24, 2.45) is 0 Å². The number of hydrogen-bond donors (Lipinski definition) is 1. The standard InChI is InChI=1S/C13H16N4O2/c1-9(2)10-3-5-11(6-4-10)17-15-12(14-16-17)7-8-13(18)19/h3-6,9H,7-8H2,1-2H3,(H,18,19). The maximum absolute atomic E-state index is 10.5. The molecule has 0 spiro atoms. The summed E-state index contributed by atoms with van der Waals surface area (Å²) in [6.07, 6.45) is 0.303. The van der Waals surface area contributed by atoms with Crippen molar-refractivity contribution in [1.82, 2.24) is 20.2 Å². The van der Waals surface area contributed by atoms with Crippen molar-refractivity contribution < 1.29 is 9.90 Å². The molecule has 0 aliphatic carbocycles. The summed E-state index contributed by atoms with van der Waals surface area (Å²) in [7, 11) is 0. The Morgan fingerprint density at radius 1 is 1.32 bits per heavy atom. The zero-order chi connectivity index (χ0) is 13.8. The van der Waals surface area contributed by atoms with Gasteiger partial charge in [-0.1, -0.05) is 26.0 Å². The Labute approximate surface area is 111 Å². The summed E-state index contributed by atoms with van der Waals surface area (Å²) >= 11 is 0. The van der Waals surface area contributed by atoms with Crippen molar-refractivity contribution in [2.75, 3.05) is 0 Å². The Balaban J connectivity index is 2.11. The molecule has 0 bridgehead atoms. The van der Waals surface area contributed by atoms with E-state index in [-0.39, 0.29) is 6.42 Å². The number of carboxylic acid groups (broad SMARTS) is 1. The second kappa shape index (κ2) is 5.60. The topological polar surface area (TPSA) is 80.9 Å². The van der Waals surface area contributed by atoms with Crippen molar-refractivity contribution in [3.05, 3.63) is 35.7 Å². The fourth-order valence-corrected chi connectivity index (χ4v) is 1.66. The van der Waals surface area contributed by atoms with E-state index in [1.807, 2.05) is 24.3 Å². The van der Waals surface area contributed by atoms with Gasteiger partial charge in [0, 0.05) is 6.42 Å². The molecular weight excluding hydrogens is 244 g/mol. The van der Waals surface area contributed by atoms with E-state index in [1.165, 1.54) is 10.4 Å². The Kier molecular flexibility index (Phi) is 3.89. The molecule has 0 unspecified atom stereocenters. The molecule has 0 saturated carbocycles. The van der Waals surface area contributed by atoms with Gasteiger partial charge in [-0.25, -0.2) is 0 Å². The van der Waals surface area contributed by atoms with E-state index in [2.05, 4.69) is 29.3 Å². The maximum atomic E-state index is 10.5. The Hall–Kier alpha value is -2.24. The van der Waals surface area contributed by atoms with Crippen LogP contribution in [0.3, 0.4) is 0 Å². The van der Waals surface area contributed by atoms with Gasteiger partial charge in [0.2, 0.25) is 0 Å². The van der Waals surface area contributed by atoms with Gasteiger partial charge in [0.05, 0.1) is 12.1 Å². The molecule has 6 heteroatoms. The molecule has 0 fully saturated rings. The number of benzene rings is 1. The molecule has 2 rings (SSSR count). The highest BCUT2D eigenvalue weighted by Crippen LogP contribution is 2.15. The van der Waals surface area contributed by atoms with E-state index < -0.39 is 5.97 Å². The predicted molar refractivity (Wildman–Crippen MR) is 69.2 cm³/mol. The first-order chi connectivity index (χ1) is 9.06. The number of aryl methyl sites for hydroxylation is 1. The lowest BCUT2D eigenvalue weighted by molar-refractivity contribution is -0.137. The van der Waals surface area contributed by atoms with E-state index >= 15 is 0 Å². The molecule has 6 nitrogen and oxygen atoms in total. The molecule has 2 aromatic rings. The zero-order valence-electron chi connectivity index (χ0n) is 10.9. The molecule has 100 valence electrons. The monoisotopic (exact) mass is 260 g/mol. The van der Waals surface area contributed by atoms with Gasteiger partial charge in [-0.2, -0.15) is 0 Å². The van der Waals surface area contributed by atoms with Crippen LogP contribution in [0.15, 0.2) is 24.3 Å². The van der Waals surface area contributed by atoms with Crippen molar-refractivity contribution in [2.45, 2.75) is 32.6 Å². The first kappa shape index (κ1) is 13.2. The third kappa shape index (κ3) is 3.37. The molecule has 1 aromatic carbocycles. The van der Waals surface area contributed by atoms with Crippen molar-refractivity contribution in [1.29, 1.82) is 0 Å². The first-order valence-electron chi connectivity index (χ1n) is 6.17. The third-order valence-electron chi connectivity index (χ3n) is 2.81. The normalized spacial score (nSPS) is 10.9. The molecular formula is C13H16N4O2. The van der Waals surface area contributed by atoms with Gasteiger partial charge >= 0.3 is 5.97 Å². The summed E-state index contributed by atoms with van der Waals surface area (Å²) in [5.74, 6) is 0.0526. The van der Waals surface area contributed by atoms with E-state index in [4.69, 9.17) is 5.11 Å². The lowest BCUT2D eigenvalue weighted by atomic mass is 10.0. The number of carbonyl (C=O) groups is 1. The van der Waals surface area contributed by atoms with Crippen LogP contribution < -0.4 is 0 Å². The van der Waals surface area contributed by atoms with Gasteiger partial charge in [-0.3, -0.25) is 4.79 Å². The van der Waals surface area contributed by atoms with Crippen LogP contribution in [0.4, 0.5) is 0 Å². The van der Waals surface area contributed by atoms with E-state index in [0.29, 0.717) is 18.2 Å². The fraction of sp³-hybridized carbons (Fsp3) is 0.385. The minimum absolute atomic E-state index is 0.0119. The Bertz CT molecular complexity index is 560. The van der Waals surface area contributed by atoms with Gasteiger partial charge in [-0.05, 0) is 28.8 Å². The SMILES string of the molecule is CC(C)c1ccc(-n2nnc(CCC(=O)O)n2)cc1. The summed E-state index contributed by atoms with van der Waals surface area (Å²) in [6, 6.07) is 7.91. The number of hydrogen-bond acceptors (Lipinski definition) is 4. The summed E-state index contributed by atoms with van der Waals surface area (Å²) in [4.78, 5) is 11.9. The Morgan fingerprint density at radius 2 is 2.00 bits per heavy atom. The predicted octanol–water partition coefficient (Wildman–Crippen LogP) is 1.80. The molecule has 0 aliphatic rings. The van der Waals surface area contributed by atoms with E-state index in [0.717, 1.165) is 5.69 Å². The number of aliphatic carboxylic acids is 1. The lowest BCUT2D eigenvalue weighted by Crippen LogP contribution is -2.01. The zero-order valence-corrected chi connectivity index (χ0v) is 10.9. The van der Waals surface area contributed by atoms with Crippen LogP contribution in [0.2, 0.25) is 0 Å². The number of aromatic nitrogens is 4. The average molecular weight is 260 g/mol. The van der Waals surface area contributed by atoms with Crippen LogP contribution in [-0.2, 0) is 11.2 Å². The third-order valence-corrected chi connectivity index (χ3v) is 2.81. The molecule has 1 N–H and O–H groups in total. The highest BCUT2D eigenvalue weighted by atomic mass is 16.4. The highest BCUT2D eigenvalue weighted by Gasteiger charge is 2.07. The molecule has 1 aromatic heterocycles. The maximum Gasteiger partial charge on any atom is 0.303 e. The minimum atomic E-state index is -0.863. The van der Waals surface area contributed by atoms with E-state index in [9.17, 15) is 4.79 Å². The molecule has 0 aliphatic heterocycles. The van der Waals surface area contributed by atoms with Crippen LogP contribution in [0, 0.1) is 0 Å². The summed E-state index contributed by atoms with van der Waals surface area (Å²) < 4.78 is 0. The van der Waals surface area contributed by atoms with Gasteiger partial charge < -0.3 is 5.11 Å². The summed E-state index contributed by atoms with van der Waals surface area (Å²) in [6.45, 7) is 4.26. The van der Waals surface area contributed by atoms with Crippen molar-refractivity contribution in [3.63, 3.8) is 0 Å². The molecule has 0 saturated heterocycles. The second-order valence-corrected chi connectivity index (χ2v) is 4.64. The van der Waals surface area contributed by atoms with Gasteiger partial charge in [-0.15, -0.1) is 15.0 Å². The molecule has 0 atom stereocenters. The van der Waals surface area contributed by atoms with Gasteiger partial charge in [0.25, 0.3) is 0 Å². The smallest absolute Gasteiger partial charge is 0.303 e. The fourth-order valence-electron chi connectivity index (χ4n) is 1.66. The second-order valence-electron chi connectivity index (χ2n) is 4.64. The van der Waals surface area contributed by atoms with Crippen LogP contribution >= 0.6 is 0 Å². The number of rotatable bonds is 5. The number of nitrogens with zero attached hydrogens (tertiary/aromatic N) is 4. The quantitative estimate of drug-likeness (QED) is 0.886. The van der Waals surface area contributed by atoms with Crippen LogP contribution in [0.5, 0.6) is 0 Å². The number of carboxylic acids is 1. The van der Waals surface area contributed by atoms with E-state index in [1.54, 1.807) is 0 Å². The van der Waals surface area contributed by atoms with Gasteiger partial charge in [0.1, 0.15) is 0 Å². The molecule has 0 radical (unpaired) electrons. The molecule has 19 heavy (non-hydrogen) atoms. The van der Waals surface area contributed by atoms with Gasteiger partial charge in [0.15, 0.2) is 5.82 Å². The minimum Gasteiger partial charge on any atom is -0.481 e. The number of tetrazole rings is 1. The molecule has 1 heterocycles. The largest absolute Gasteiger partial charge is 0.481 e. The van der Waals surface area contributed by atoms with Crippen molar-refractivity contribution in [3.8, 4) is 5.69 Å². The van der Waals surface area contributed by atoms with Crippen molar-refractivity contribution >= 4 is 5.97 Å². The summed E-state index contributed by atoms with van der Waals surface area (Å²) in [5.41, 5.74) is 2.06.